The monoisotopic (exact) mass is 258 g/mol. The number of hydrogen-bond acceptors (Lipinski definition) is 5. The van der Waals surface area contributed by atoms with Gasteiger partial charge in [0.15, 0.2) is 5.69 Å². The summed E-state index contributed by atoms with van der Waals surface area (Å²) in [7, 11) is 0. The number of aromatic nitrogens is 2. The molecule has 0 aliphatic rings. The second-order valence-corrected chi connectivity index (χ2v) is 3.52. The zero-order valence-corrected chi connectivity index (χ0v) is 9.46. The average Bonchev–Trinajstić information content (AvgIpc) is 2.39. The van der Waals surface area contributed by atoms with E-state index in [2.05, 4.69) is 15.3 Å². The molecule has 0 bridgehead atoms. The van der Waals surface area contributed by atoms with Crippen molar-refractivity contribution in [2.45, 2.75) is 0 Å². The number of aromatic carboxylic acids is 1. The van der Waals surface area contributed by atoms with Crippen LogP contribution in [0.25, 0.3) is 0 Å². The molecular weight excluding hydrogens is 251 g/mol. The molecule has 1 heterocycles. The summed E-state index contributed by atoms with van der Waals surface area (Å²) in [5.74, 6) is -1.86. The maximum Gasteiger partial charge on any atom is 0.338 e. The Bertz CT molecular complexity index is 664. The Morgan fingerprint density at radius 2 is 2.16 bits per heavy atom. The molecule has 0 radical (unpaired) electrons. The van der Waals surface area contributed by atoms with Gasteiger partial charge in [0, 0.05) is 5.69 Å². The highest BCUT2D eigenvalue weighted by molar-refractivity contribution is 5.88. The van der Waals surface area contributed by atoms with Crippen LogP contribution in [-0.4, -0.2) is 21.0 Å². The normalized spacial score (nSPS) is 9.68. The Kier molecular flexibility index (Phi) is 3.34. The van der Waals surface area contributed by atoms with Gasteiger partial charge in [-0.3, -0.25) is 0 Å². The van der Waals surface area contributed by atoms with E-state index in [1.807, 2.05) is 6.07 Å². The first-order chi connectivity index (χ1) is 9.10. The van der Waals surface area contributed by atoms with Crippen molar-refractivity contribution in [3.05, 3.63) is 47.7 Å². The van der Waals surface area contributed by atoms with Gasteiger partial charge in [-0.2, -0.15) is 5.26 Å². The third-order valence-corrected chi connectivity index (χ3v) is 2.24. The van der Waals surface area contributed by atoms with Crippen molar-refractivity contribution in [1.29, 1.82) is 5.26 Å². The quantitative estimate of drug-likeness (QED) is 0.872. The molecule has 94 valence electrons. The predicted molar refractivity (Wildman–Crippen MR) is 63.4 cm³/mol. The molecule has 0 unspecified atom stereocenters. The standard InChI is InChI=1S/C12H7FN4O2/c13-10-3-7(1-2-9(10)12(18)19)17-11-6-15-8(4-14)5-16-11/h1-3,5-6H,(H,16,17)(H,18,19). The first-order valence-corrected chi connectivity index (χ1v) is 5.12. The van der Waals surface area contributed by atoms with Crippen LogP contribution in [-0.2, 0) is 0 Å². The van der Waals surface area contributed by atoms with E-state index >= 15 is 0 Å². The lowest BCUT2D eigenvalue weighted by molar-refractivity contribution is 0.0692. The topological polar surface area (TPSA) is 98.9 Å². The van der Waals surface area contributed by atoms with Crippen LogP contribution in [0.15, 0.2) is 30.6 Å². The molecule has 0 saturated heterocycles. The maximum atomic E-state index is 13.4. The highest BCUT2D eigenvalue weighted by Gasteiger charge is 2.10. The van der Waals surface area contributed by atoms with E-state index in [9.17, 15) is 9.18 Å². The van der Waals surface area contributed by atoms with Crippen molar-refractivity contribution < 1.29 is 14.3 Å². The molecule has 0 aliphatic heterocycles. The SMILES string of the molecule is N#Cc1cnc(Nc2ccc(C(=O)O)c(F)c2)cn1. The zero-order chi connectivity index (χ0) is 13.8. The number of nitrogens with one attached hydrogen (secondary N) is 1. The number of nitrogens with zero attached hydrogens (tertiary/aromatic N) is 3. The molecule has 2 rings (SSSR count). The third-order valence-electron chi connectivity index (χ3n) is 2.24. The van der Waals surface area contributed by atoms with Crippen molar-refractivity contribution in [2.75, 3.05) is 5.32 Å². The molecule has 0 atom stereocenters. The number of rotatable bonds is 3. The minimum absolute atomic E-state index is 0.165. The first kappa shape index (κ1) is 12.4. The Labute approximate surface area is 107 Å². The number of benzene rings is 1. The van der Waals surface area contributed by atoms with Crippen LogP contribution < -0.4 is 5.32 Å². The number of carbonyl (C=O) groups is 1. The van der Waals surface area contributed by atoms with Crippen LogP contribution in [0.5, 0.6) is 0 Å². The Hall–Kier alpha value is -3.01. The minimum atomic E-state index is -1.33. The second-order valence-electron chi connectivity index (χ2n) is 3.52. The van der Waals surface area contributed by atoms with Crippen LogP contribution in [0.1, 0.15) is 16.1 Å². The van der Waals surface area contributed by atoms with Gasteiger partial charge in [0.1, 0.15) is 17.7 Å². The highest BCUT2D eigenvalue weighted by Crippen LogP contribution is 2.17. The van der Waals surface area contributed by atoms with Gasteiger partial charge in [-0.1, -0.05) is 0 Å². The van der Waals surface area contributed by atoms with Crippen molar-refractivity contribution in [1.82, 2.24) is 9.97 Å². The molecule has 0 spiro atoms. The van der Waals surface area contributed by atoms with Crippen molar-refractivity contribution in [3.63, 3.8) is 0 Å². The zero-order valence-electron chi connectivity index (χ0n) is 9.46. The molecule has 0 amide bonds. The van der Waals surface area contributed by atoms with Crippen molar-refractivity contribution in [3.8, 4) is 6.07 Å². The molecule has 6 nitrogen and oxygen atoms in total. The van der Waals surface area contributed by atoms with E-state index in [0.29, 0.717) is 11.5 Å². The van der Waals surface area contributed by atoms with Crippen LogP contribution >= 0.6 is 0 Å². The Morgan fingerprint density at radius 3 is 2.68 bits per heavy atom. The highest BCUT2D eigenvalue weighted by atomic mass is 19.1. The summed E-state index contributed by atoms with van der Waals surface area (Å²) in [6.45, 7) is 0. The summed E-state index contributed by atoms with van der Waals surface area (Å²) in [6.07, 6.45) is 2.59. The fourth-order valence-corrected chi connectivity index (χ4v) is 1.36. The van der Waals surface area contributed by atoms with E-state index in [0.717, 1.165) is 12.1 Å². The molecule has 2 N–H and O–H groups in total. The molecule has 7 heteroatoms. The number of nitriles is 1. The van der Waals surface area contributed by atoms with Gasteiger partial charge >= 0.3 is 5.97 Å². The van der Waals surface area contributed by atoms with E-state index in [1.54, 1.807) is 0 Å². The third kappa shape index (κ3) is 2.81. The fourth-order valence-electron chi connectivity index (χ4n) is 1.36. The van der Waals surface area contributed by atoms with Crippen molar-refractivity contribution >= 4 is 17.5 Å². The van der Waals surface area contributed by atoms with E-state index in [4.69, 9.17) is 10.4 Å². The van der Waals surface area contributed by atoms with Gasteiger partial charge in [0.25, 0.3) is 0 Å². The average molecular weight is 258 g/mol. The lowest BCUT2D eigenvalue weighted by atomic mass is 10.2. The van der Waals surface area contributed by atoms with Crippen LogP contribution in [0, 0.1) is 17.1 Å². The predicted octanol–water partition coefficient (Wildman–Crippen LogP) is 1.93. The Morgan fingerprint density at radius 1 is 1.37 bits per heavy atom. The Balaban J connectivity index is 2.21. The number of anilines is 2. The smallest absolute Gasteiger partial charge is 0.338 e. The molecule has 0 saturated carbocycles. The number of halogens is 1. The van der Waals surface area contributed by atoms with Crippen LogP contribution in [0.3, 0.4) is 0 Å². The largest absolute Gasteiger partial charge is 0.478 e. The molecule has 1 aromatic carbocycles. The summed E-state index contributed by atoms with van der Waals surface area (Å²) in [4.78, 5) is 18.3. The summed E-state index contributed by atoms with van der Waals surface area (Å²) in [5.41, 5.74) is 0.0934. The number of carboxylic acids is 1. The fraction of sp³-hybridized carbons (Fsp3) is 0. The number of carboxylic acid groups (broad SMARTS) is 1. The molecule has 0 fully saturated rings. The van der Waals surface area contributed by atoms with E-state index in [1.165, 1.54) is 18.5 Å². The van der Waals surface area contributed by atoms with E-state index < -0.39 is 17.3 Å². The molecule has 0 aliphatic carbocycles. The molecule has 2 aromatic rings. The maximum absolute atomic E-state index is 13.4. The van der Waals surface area contributed by atoms with Gasteiger partial charge in [0.2, 0.25) is 0 Å². The van der Waals surface area contributed by atoms with Gasteiger partial charge in [-0.15, -0.1) is 0 Å². The van der Waals surface area contributed by atoms with Gasteiger partial charge in [-0.25, -0.2) is 19.2 Å². The molecule has 1 aromatic heterocycles. The summed E-state index contributed by atoms with van der Waals surface area (Å²) in [5, 5.41) is 20.0. The summed E-state index contributed by atoms with van der Waals surface area (Å²) >= 11 is 0. The molecular formula is C12H7FN4O2. The lowest BCUT2D eigenvalue weighted by Crippen LogP contribution is -2.02. The van der Waals surface area contributed by atoms with Gasteiger partial charge in [-0.05, 0) is 18.2 Å². The lowest BCUT2D eigenvalue weighted by Gasteiger charge is -2.06. The second kappa shape index (κ2) is 5.10. The van der Waals surface area contributed by atoms with E-state index in [-0.39, 0.29) is 5.69 Å². The van der Waals surface area contributed by atoms with Gasteiger partial charge < -0.3 is 10.4 Å². The first-order valence-electron chi connectivity index (χ1n) is 5.12. The van der Waals surface area contributed by atoms with Crippen LogP contribution in [0.4, 0.5) is 15.9 Å². The molecule has 19 heavy (non-hydrogen) atoms. The van der Waals surface area contributed by atoms with Gasteiger partial charge in [0.05, 0.1) is 18.0 Å². The minimum Gasteiger partial charge on any atom is -0.478 e. The van der Waals surface area contributed by atoms with Crippen LogP contribution in [0.2, 0.25) is 0 Å². The number of hydrogen-bond donors (Lipinski definition) is 2. The van der Waals surface area contributed by atoms with Crippen molar-refractivity contribution in [2.24, 2.45) is 0 Å². The summed E-state index contributed by atoms with van der Waals surface area (Å²) < 4.78 is 13.4. The summed E-state index contributed by atoms with van der Waals surface area (Å²) in [6, 6.07) is 5.42.